The number of hydrogen-bond donors (Lipinski definition) is 0. The van der Waals surface area contributed by atoms with Crippen molar-refractivity contribution in [2.45, 2.75) is 32.9 Å². The summed E-state index contributed by atoms with van der Waals surface area (Å²) in [7, 11) is 0. The van der Waals surface area contributed by atoms with Crippen LogP contribution in [-0.2, 0) is 0 Å². The number of alkyl halides is 1. The van der Waals surface area contributed by atoms with E-state index in [0.717, 1.165) is 0 Å². The molecule has 1 heteroatoms. The summed E-state index contributed by atoms with van der Waals surface area (Å²) in [5, 5.41) is 0. The summed E-state index contributed by atoms with van der Waals surface area (Å²) in [4.78, 5) is 0. The Kier molecular flexibility index (Phi) is 1.57. The van der Waals surface area contributed by atoms with Crippen molar-refractivity contribution in [3.63, 3.8) is 0 Å². The van der Waals surface area contributed by atoms with Crippen LogP contribution in [0.4, 0.5) is 4.39 Å². The van der Waals surface area contributed by atoms with Gasteiger partial charge in [0.2, 0.25) is 0 Å². The maximum Gasteiger partial charge on any atom is 0.105 e. The molecule has 0 aromatic rings. The fourth-order valence-corrected chi connectivity index (χ4v) is 0. The summed E-state index contributed by atoms with van der Waals surface area (Å²) in [6, 6.07) is 0. The molecule has 0 aliphatic rings. The highest BCUT2D eigenvalue weighted by Gasteiger charge is 2.09. The number of hydrogen-bond acceptors (Lipinski definition) is 0. The lowest BCUT2D eigenvalue weighted by atomic mass is 10.1. The molecule has 0 bridgehead atoms. The fraction of sp³-hybridized carbons (Fsp3) is 1.00. The molecule has 0 heterocycles. The molecule has 0 atom stereocenters. The van der Waals surface area contributed by atoms with E-state index in [2.05, 4.69) is 0 Å². The van der Waals surface area contributed by atoms with Crippen molar-refractivity contribution < 1.29 is 4.39 Å². The topological polar surface area (TPSA) is 0 Å². The van der Waals surface area contributed by atoms with Crippen molar-refractivity contribution in [2.75, 3.05) is 0 Å². The fourth-order valence-electron chi connectivity index (χ4n) is 0. The highest BCUT2D eigenvalue weighted by atomic mass is 19.1. The molecule has 0 rings (SSSR count). The van der Waals surface area contributed by atoms with Crippen molar-refractivity contribution in [3.05, 3.63) is 0 Å². The van der Waals surface area contributed by atoms with E-state index in [1.54, 1.807) is 13.8 Å². The molecule has 0 spiro atoms. The lowest BCUT2D eigenvalue weighted by Gasteiger charge is -2.07. The molecule has 0 amide bonds. The molecule has 0 aliphatic heterocycles. The first-order valence-electron chi connectivity index (χ1n) is 2.25. The van der Waals surface area contributed by atoms with Gasteiger partial charge in [-0.15, -0.1) is 0 Å². The van der Waals surface area contributed by atoms with E-state index in [1.807, 2.05) is 6.92 Å². The molecule has 0 nitrogen and oxygen atoms in total. The molecule has 0 aliphatic carbocycles. The molecule has 0 radical (unpaired) electrons. The minimum atomic E-state index is -0.958. The zero-order valence-corrected chi connectivity index (χ0v) is 4.59. The standard InChI is InChI=1S/C5H11F/c1-4-5(2,3)6/h4H2,1-3H3. The summed E-state index contributed by atoms with van der Waals surface area (Å²) >= 11 is 0. The highest BCUT2D eigenvalue weighted by molar-refractivity contribution is 4.60. The minimum absolute atomic E-state index is 0.604. The van der Waals surface area contributed by atoms with Gasteiger partial charge in [0.25, 0.3) is 0 Å². The Morgan fingerprint density at radius 2 is 1.67 bits per heavy atom. The lowest BCUT2D eigenvalue weighted by molar-refractivity contribution is 0.210. The lowest BCUT2D eigenvalue weighted by Crippen LogP contribution is -2.07. The van der Waals surface area contributed by atoms with Gasteiger partial charge >= 0.3 is 0 Å². The van der Waals surface area contributed by atoms with Gasteiger partial charge in [0.1, 0.15) is 5.67 Å². The predicted octanol–water partition coefficient (Wildman–Crippen LogP) is 2.14. The van der Waals surface area contributed by atoms with E-state index in [-0.39, 0.29) is 0 Å². The average molecular weight is 90.1 g/mol. The Morgan fingerprint density at radius 3 is 1.67 bits per heavy atom. The molecule has 0 aromatic carbocycles. The zero-order chi connectivity index (χ0) is 5.21. The SMILES string of the molecule is CCC(C)(C)F. The minimum Gasteiger partial charge on any atom is -0.245 e. The van der Waals surface area contributed by atoms with Gasteiger partial charge in [0.05, 0.1) is 0 Å². The van der Waals surface area contributed by atoms with Crippen LogP contribution in [0.5, 0.6) is 0 Å². The Bertz CT molecular complexity index is 33.7. The van der Waals surface area contributed by atoms with E-state index < -0.39 is 5.67 Å². The van der Waals surface area contributed by atoms with Crippen molar-refractivity contribution in [2.24, 2.45) is 0 Å². The van der Waals surface area contributed by atoms with E-state index in [9.17, 15) is 4.39 Å². The number of halogens is 1. The summed E-state index contributed by atoms with van der Waals surface area (Å²) in [6.07, 6.45) is 0.604. The Balaban J connectivity index is 3.17. The van der Waals surface area contributed by atoms with Crippen LogP contribution < -0.4 is 0 Å². The summed E-state index contributed by atoms with van der Waals surface area (Å²) in [5.41, 5.74) is -0.958. The van der Waals surface area contributed by atoms with E-state index in [4.69, 9.17) is 0 Å². The van der Waals surface area contributed by atoms with Crippen molar-refractivity contribution >= 4 is 0 Å². The summed E-state index contributed by atoms with van der Waals surface area (Å²) in [5.74, 6) is 0. The summed E-state index contributed by atoms with van der Waals surface area (Å²) in [6.45, 7) is 4.99. The van der Waals surface area contributed by atoms with Crippen molar-refractivity contribution in [3.8, 4) is 0 Å². The molecule has 0 fully saturated rings. The van der Waals surface area contributed by atoms with Crippen LogP contribution in [0.3, 0.4) is 0 Å². The molecule has 6 heavy (non-hydrogen) atoms. The van der Waals surface area contributed by atoms with Crippen molar-refractivity contribution in [1.29, 1.82) is 0 Å². The quantitative estimate of drug-likeness (QED) is 0.462. The van der Waals surface area contributed by atoms with E-state index in [1.165, 1.54) is 0 Å². The smallest absolute Gasteiger partial charge is 0.105 e. The predicted molar refractivity (Wildman–Crippen MR) is 25.5 cm³/mol. The van der Waals surface area contributed by atoms with Crippen molar-refractivity contribution in [1.82, 2.24) is 0 Å². The van der Waals surface area contributed by atoms with Gasteiger partial charge in [-0.1, -0.05) is 6.92 Å². The van der Waals surface area contributed by atoms with Crippen LogP contribution in [0.25, 0.3) is 0 Å². The molecular formula is C5H11F. The second kappa shape index (κ2) is 1.59. The Hall–Kier alpha value is -0.0700. The third kappa shape index (κ3) is 3.93. The first kappa shape index (κ1) is 5.93. The van der Waals surface area contributed by atoms with Crippen LogP contribution in [0.1, 0.15) is 27.2 Å². The molecule has 0 saturated carbocycles. The first-order valence-corrected chi connectivity index (χ1v) is 2.25. The first-order chi connectivity index (χ1) is 2.56. The monoisotopic (exact) mass is 90.1 g/mol. The van der Waals surface area contributed by atoms with Gasteiger partial charge < -0.3 is 0 Å². The largest absolute Gasteiger partial charge is 0.245 e. The molecule has 0 aromatic heterocycles. The molecular weight excluding hydrogens is 79.1 g/mol. The third-order valence-electron chi connectivity index (χ3n) is 0.841. The van der Waals surface area contributed by atoms with Gasteiger partial charge in [0, 0.05) is 0 Å². The van der Waals surface area contributed by atoms with Crippen LogP contribution in [0.15, 0.2) is 0 Å². The van der Waals surface area contributed by atoms with E-state index in [0.29, 0.717) is 6.42 Å². The van der Waals surface area contributed by atoms with E-state index >= 15 is 0 Å². The van der Waals surface area contributed by atoms with Crippen LogP contribution in [-0.4, -0.2) is 5.67 Å². The second-order valence-electron chi connectivity index (χ2n) is 2.07. The third-order valence-corrected chi connectivity index (χ3v) is 0.841. The maximum absolute atomic E-state index is 12.1. The zero-order valence-electron chi connectivity index (χ0n) is 4.59. The summed E-state index contributed by atoms with van der Waals surface area (Å²) < 4.78 is 12.1. The normalized spacial score (nSPS) is 12.0. The van der Waals surface area contributed by atoms with Gasteiger partial charge in [-0.25, -0.2) is 4.39 Å². The van der Waals surface area contributed by atoms with Gasteiger partial charge in [-0.3, -0.25) is 0 Å². The Labute approximate surface area is 38.4 Å². The molecule has 0 N–H and O–H groups in total. The molecule has 38 valence electrons. The van der Waals surface area contributed by atoms with Crippen LogP contribution >= 0.6 is 0 Å². The van der Waals surface area contributed by atoms with Gasteiger partial charge in [-0.05, 0) is 20.3 Å². The Morgan fingerprint density at radius 1 is 1.50 bits per heavy atom. The highest BCUT2D eigenvalue weighted by Crippen LogP contribution is 2.10. The van der Waals surface area contributed by atoms with Gasteiger partial charge in [0.15, 0.2) is 0 Å². The molecule has 0 saturated heterocycles. The maximum atomic E-state index is 12.1. The molecule has 0 unspecified atom stereocenters. The van der Waals surface area contributed by atoms with Crippen LogP contribution in [0.2, 0.25) is 0 Å². The number of rotatable bonds is 1. The second-order valence-corrected chi connectivity index (χ2v) is 2.07. The van der Waals surface area contributed by atoms with Gasteiger partial charge in [-0.2, -0.15) is 0 Å². The van der Waals surface area contributed by atoms with Crippen LogP contribution in [0, 0.1) is 0 Å². The average Bonchev–Trinajstić information content (AvgIpc) is 1.35.